The molecule has 3 heterocycles. The minimum Gasteiger partial charge on any atom is -0.390 e. The maximum Gasteiger partial charge on any atom is 0.251 e. The molecule has 30 heavy (non-hydrogen) atoms. The maximum absolute atomic E-state index is 12.4. The van der Waals surface area contributed by atoms with Gasteiger partial charge in [-0.25, -0.2) is 9.97 Å². The Morgan fingerprint density at radius 2 is 2.13 bits per heavy atom. The summed E-state index contributed by atoms with van der Waals surface area (Å²) in [5, 5.41) is 22.8. The monoisotopic (exact) mass is 403 g/mol. The van der Waals surface area contributed by atoms with E-state index in [1.165, 1.54) is 0 Å². The van der Waals surface area contributed by atoms with E-state index in [9.17, 15) is 9.90 Å². The summed E-state index contributed by atoms with van der Waals surface area (Å²) in [7, 11) is 0. The lowest BCUT2D eigenvalue weighted by molar-refractivity contribution is 0.0951. The summed E-state index contributed by atoms with van der Waals surface area (Å²) in [6.07, 6.45) is 3.81. The van der Waals surface area contributed by atoms with Crippen LogP contribution >= 0.6 is 0 Å². The normalized spacial score (nSPS) is 13.5. The zero-order chi connectivity index (χ0) is 20.7. The lowest BCUT2D eigenvalue weighted by atomic mass is 10.1. The molecule has 0 saturated heterocycles. The van der Waals surface area contributed by atoms with Crippen LogP contribution < -0.4 is 10.6 Å². The molecule has 4 aromatic rings. The minimum absolute atomic E-state index is 0.0749. The molecule has 1 fully saturated rings. The number of amides is 1. The third-order valence-corrected chi connectivity index (χ3v) is 4.94. The molecule has 0 radical (unpaired) electrons. The van der Waals surface area contributed by atoms with Crippen LogP contribution in [-0.4, -0.2) is 41.6 Å². The first-order chi connectivity index (χ1) is 14.6. The number of nitrogens with one attached hydrogen (secondary N) is 3. The van der Waals surface area contributed by atoms with Crippen LogP contribution in [0.1, 0.15) is 34.6 Å². The fourth-order valence-electron chi connectivity index (χ4n) is 3.26. The molecule has 5 rings (SSSR count). The molecular weight excluding hydrogens is 382 g/mol. The smallest absolute Gasteiger partial charge is 0.251 e. The van der Waals surface area contributed by atoms with Crippen molar-refractivity contribution in [3.8, 4) is 11.3 Å². The van der Waals surface area contributed by atoms with E-state index in [4.69, 9.17) is 4.98 Å². The number of carbonyl (C=O) groups excluding carboxylic acids is 1. The number of aryl methyl sites for hydroxylation is 1. The number of hydrogen-bond acceptors (Lipinski definition) is 6. The third-order valence-electron chi connectivity index (χ3n) is 4.94. The highest BCUT2D eigenvalue weighted by Crippen LogP contribution is 2.25. The molecule has 1 aliphatic rings. The first-order valence-electron chi connectivity index (χ1n) is 9.79. The Balaban J connectivity index is 1.56. The van der Waals surface area contributed by atoms with Crippen LogP contribution in [0, 0.1) is 6.92 Å². The Labute approximate surface area is 172 Å². The zero-order valence-corrected chi connectivity index (χ0v) is 16.4. The van der Waals surface area contributed by atoms with E-state index in [1.807, 2.05) is 37.3 Å². The predicted molar refractivity (Wildman–Crippen MR) is 111 cm³/mol. The molecule has 4 N–H and O–H groups in total. The van der Waals surface area contributed by atoms with E-state index in [0.717, 1.165) is 24.1 Å². The second kappa shape index (κ2) is 7.27. The van der Waals surface area contributed by atoms with Gasteiger partial charge in [0.05, 0.1) is 18.0 Å². The first kappa shape index (κ1) is 18.3. The predicted octanol–water partition coefficient (Wildman–Crippen LogP) is 2.56. The Morgan fingerprint density at radius 1 is 1.27 bits per heavy atom. The van der Waals surface area contributed by atoms with Gasteiger partial charge in [0.2, 0.25) is 5.95 Å². The van der Waals surface area contributed by atoms with Gasteiger partial charge in [0.1, 0.15) is 5.65 Å². The number of rotatable bonds is 6. The zero-order valence-electron chi connectivity index (χ0n) is 16.4. The van der Waals surface area contributed by atoms with Gasteiger partial charge in [-0.05, 0) is 31.9 Å². The van der Waals surface area contributed by atoms with Gasteiger partial charge < -0.3 is 15.7 Å². The van der Waals surface area contributed by atoms with Crippen LogP contribution in [0.15, 0.2) is 42.6 Å². The lowest BCUT2D eigenvalue weighted by Crippen LogP contribution is -2.25. The third kappa shape index (κ3) is 3.62. The largest absolute Gasteiger partial charge is 0.390 e. The number of aliphatic hydroxyl groups is 1. The summed E-state index contributed by atoms with van der Waals surface area (Å²) < 4.78 is 1.77. The van der Waals surface area contributed by atoms with E-state index in [-0.39, 0.29) is 12.5 Å². The molecule has 0 unspecified atom stereocenters. The number of nitrogens with zero attached hydrogens (tertiary/aromatic N) is 4. The fraction of sp³-hybridized carbons (Fsp3) is 0.238. The average Bonchev–Trinajstić information content (AvgIpc) is 3.30. The van der Waals surface area contributed by atoms with Crippen molar-refractivity contribution >= 4 is 23.3 Å². The van der Waals surface area contributed by atoms with Crippen molar-refractivity contribution in [2.75, 3.05) is 5.32 Å². The molecule has 152 valence electrons. The van der Waals surface area contributed by atoms with Crippen molar-refractivity contribution in [2.24, 2.45) is 0 Å². The number of hydrogen-bond donors (Lipinski definition) is 4. The molecule has 0 aliphatic heterocycles. The Bertz CT molecular complexity index is 1240. The van der Waals surface area contributed by atoms with Gasteiger partial charge >= 0.3 is 0 Å². The highest BCUT2D eigenvalue weighted by atomic mass is 16.3. The van der Waals surface area contributed by atoms with Gasteiger partial charge in [-0.15, -0.1) is 0 Å². The summed E-state index contributed by atoms with van der Waals surface area (Å²) >= 11 is 0. The Morgan fingerprint density at radius 3 is 2.87 bits per heavy atom. The van der Waals surface area contributed by atoms with Gasteiger partial charge in [0.25, 0.3) is 5.91 Å². The first-order valence-corrected chi connectivity index (χ1v) is 9.79. The molecule has 9 heteroatoms. The van der Waals surface area contributed by atoms with E-state index >= 15 is 0 Å². The van der Waals surface area contributed by atoms with Gasteiger partial charge in [0.15, 0.2) is 5.82 Å². The molecule has 0 spiro atoms. The van der Waals surface area contributed by atoms with Gasteiger partial charge in [0, 0.05) is 41.2 Å². The maximum atomic E-state index is 12.4. The van der Waals surface area contributed by atoms with Crippen LogP contribution in [0.3, 0.4) is 0 Å². The molecule has 1 saturated carbocycles. The molecule has 0 bridgehead atoms. The van der Waals surface area contributed by atoms with E-state index in [1.54, 1.807) is 16.7 Å². The van der Waals surface area contributed by atoms with Crippen molar-refractivity contribution < 1.29 is 9.90 Å². The number of fused-ring (bicyclic) bond motifs is 1. The van der Waals surface area contributed by atoms with Gasteiger partial charge in [-0.1, -0.05) is 12.1 Å². The number of aromatic amines is 1. The number of carbonyl (C=O) groups is 1. The molecule has 3 aromatic heterocycles. The number of H-pyrrole nitrogens is 1. The van der Waals surface area contributed by atoms with E-state index in [2.05, 4.69) is 25.8 Å². The summed E-state index contributed by atoms with van der Waals surface area (Å²) in [6, 6.07) is 11.4. The standard InChI is InChI=1S/C21H21N7O2/c1-12-7-18(27-26-12)25-21-24-17(9-19-22-16(11-29)10-28(19)21)13-3-2-4-14(8-13)20(30)23-15-5-6-15/h2-4,7-10,15,29H,5-6,11H2,1H3,(H,23,30)(H2,24,25,26,27). The van der Waals surface area contributed by atoms with Crippen molar-refractivity contribution in [2.45, 2.75) is 32.4 Å². The SMILES string of the molecule is Cc1cc(Nc2nc(-c3cccc(C(=O)NC4CC4)c3)cc3nc(CO)cn23)n[nH]1. The number of aliphatic hydroxyl groups excluding tert-OH is 1. The fourth-order valence-corrected chi connectivity index (χ4v) is 3.26. The highest BCUT2D eigenvalue weighted by molar-refractivity contribution is 5.95. The van der Waals surface area contributed by atoms with Crippen molar-refractivity contribution in [3.63, 3.8) is 0 Å². The highest BCUT2D eigenvalue weighted by Gasteiger charge is 2.24. The molecule has 1 amide bonds. The van der Waals surface area contributed by atoms with Crippen LogP contribution in [0.2, 0.25) is 0 Å². The lowest BCUT2D eigenvalue weighted by Gasteiger charge is -2.10. The van der Waals surface area contributed by atoms with Gasteiger partial charge in [-0.3, -0.25) is 14.3 Å². The molecular formula is C21H21N7O2. The van der Waals surface area contributed by atoms with Crippen molar-refractivity contribution in [1.82, 2.24) is 29.9 Å². The summed E-state index contributed by atoms with van der Waals surface area (Å²) in [5.74, 6) is 1.05. The van der Waals surface area contributed by atoms with Crippen LogP contribution in [-0.2, 0) is 6.61 Å². The van der Waals surface area contributed by atoms with Crippen LogP contribution in [0.4, 0.5) is 11.8 Å². The van der Waals surface area contributed by atoms with E-state index in [0.29, 0.717) is 40.4 Å². The Kier molecular flexibility index (Phi) is 4.44. The molecule has 9 nitrogen and oxygen atoms in total. The van der Waals surface area contributed by atoms with Crippen LogP contribution in [0.5, 0.6) is 0 Å². The molecule has 1 aromatic carbocycles. The number of anilines is 2. The Hall–Kier alpha value is -3.72. The number of aromatic nitrogens is 5. The van der Waals surface area contributed by atoms with Crippen molar-refractivity contribution in [1.29, 1.82) is 0 Å². The molecule has 0 atom stereocenters. The summed E-state index contributed by atoms with van der Waals surface area (Å²) in [4.78, 5) is 21.6. The molecule has 1 aliphatic carbocycles. The average molecular weight is 403 g/mol. The minimum atomic E-state index is -0.172. The summed E-state index contributed by atoms with van der Waals surface area (Å²) in [5.41, 5.74) is 4.14. The van der Waals surface area contributed by atoms with Crippen molar-refractivity contribution in [3.05, 3.63) is 59.5 Å². The topological polar surface area (TPSA) is 120 Å². The quantitative estimate of drug-likeness (QED) is 0.393. The number of imidazole rings is 1. The van der Waals surface area contributed by atoms with Gasteiger partial charge in [-0.2, -0.15) is 5.10 Å². The number of benzene rings is 1. The summed E-state index contributed by atoms with van der Waals surface area (Å²) in [6.45, 7) is 1.74. The van der Waals surface area contributed by atoms with E-state index < -0.39 is 0 Å². The second-order valence-electron chi connectivity index (χ2n) is 7.47. The second-order valence-corrected chi connectivity index (χ2v) is 7.47. The van der Waals surface area contributed by atoms with Crippen LogP contribution in [0.25, 0.3) is 16.9 Å².